The second-order valence-electron chi connectivity index (χ2n) is 6.33. The number of thiophene rings is 1. The summed E-state index contributed by atoms with van der Waals surface area (Å²) in [6.07, 6.45) is -1.02. The van der Waals surface area contributed by atoms with E-state index in [1.54, 1.807) is 13.8 Å². The Morgan fingerprint density at radius 2 is 1.85 bits per heavy atom. The summed E-state index contributed by atoms with van der Waals surface area (Å²) in [4.78, 5) is 40.2. The van der Waals surface area contributed by atoms with Crippen LogP contribution in [0.3, 0.4) is 0 Å². The topological polar surface area (TPSA) is 76.2 Å². The van der Waals surface area contributed by atoms with Gasteiger partial charge in [0.15, 0.2) is 11.9 Å². The van der Waals surface area contributed by atoms with Crippen LogP contribution in [0.1, 0.15) is 55.6 Å². The molecule has 0 saturated heterocycles. The standard InChI is InChI=1S/C20H18ClNO4S/c1-9-15(11(3)23)10(2)22-17(9)18(24)12(4)26-20(25)19-16(21)13-7-5-6-8-14(13)27-19/h5-8,12,22H,1-4H3/t12-/m1/s1. The number of ether oxygens (including phenoxy) is 1. The monoisotopic (exact) mass is 403 g/mol. The van der Waals surface area contributed by atoms with E-state index in [4.69, 9.17) is 16.3 Å². The van der Waals surface area contributed by atoms with Crippen LogP contribution < -0.4 is 0 Å². The van der Waals surface area contributed by atoms with E-state index in [0.717, 1.165) is 10.1 Å². The molecule has 1 atom stereocenters. The Morgan fingerprint density at radius 1 is 1.19 bits per heavy atom. The lowest BCUT2D eigenvalue weighted by atomic mass is 10.0. The first-order chi connectivity index (χ1) is 12.7. The summed E-state index contributed by atoms with van der Waals surface area (Å²) in [6, 6.07) is 7.39. The molecule has 1 aromatic carbocycles. The Bertz CT molecular complexity index is 1080. The maximum absolute atomic E-state index is 12.7. The molecule has 0 amide bonds. The number of carbonyl (C=O) groups is 3. The first kappa shape index (κ1) is 19.3. The lowest BCUT2D eigenvalue weighted by Gasteiger charge is -2.11. The molecule has 0 aliphatic heterocycles. The second kappa shape index (κ2) is 7.29. The lowest BCUT2D eigenvalue weighted by Crippen LogP contribution is -2.25. The SMILES string of the molecule is CC(=O)c1c(C)[nH]c(C(=O)[C@@H](C)OC(=O)c2sc3ccccc3c2Cl)c1C. The predicted molar refractivity (Wildman–Crippen MR) is 106 cm³/mol. The Hall–Kier alpha value is -2.44. The van der Waals surface area contributed by atoms with Gasteiger partial charge in [-0.2, -0.15) is 0 Å². The van der Waals surface area contributed by atoms with Crippen molar-refractivity contribution in [1.29, 1.82) is 0 Å². The summed E-state index contributed by atoms with van der Waals surface area (Å²) in [7, 11) is 0. The van der Waals surface area contributed by atoms with Crippen LogP contribution in [-0.2, 0) is 4.74 Å². The van der Waals surface area contributed by atoms with Crippen molar-refractivity contribution >= 4 is 50.6 Å². The number of fused-ring (bicyclic) bond motifs is 1. The van der Waals surface area contributed by atoms with Gasteiger partial charge in [0.25, 0.3) is 0 Å². The molecule has 0 unspecified atom stereocenters. The van der Waals surface area contributed by atoms with Crippen molar-refractivity contribution in [3.05, 3.63) is 56.7 Å². The zero-order valence-corrected chi connectivity index (χ0v) is 16.9. The number of H-pyrrole nitrogens is 1. The van der Waals surface area contributed by atoms with Crippen molar-refractivity contribution in [3.63, 3.8) is 0 Å². The van der Waals surface area contributed by atoms with Gasteiger partial charge in [0.05, 0.1) is 10.7 Å². The number of halogens is 1. The van der Waals surface area contributed by atoms with Crippen LogP contribution in [0.5, 0.6) is 0 Å². The fraction of sp³-hybridized carbons (Fsp3) is 0.250. The van der Waals surface area contributed by atoms with Crippen LogP contribution >= 0.6 is 22.9 Å². The van der Waals surface area contributed by atoms with Gasteiger partial charge >= 0.3 is 5.97 Å². The molecule has 140 valence electrons. The molecular formula is C20H18ClNO4S. The van der Waals surface area contributed by atoms with Crippen LogP contribution in [0.25, 0.3) is 10.1 Å². The van der Waals surface area contributed by atoms with Gasteiger partial charge in [-0.15, -0.1) is 11.3 Å². The zero-order valence-electron chi connectivity index (χ0n) is 15.3. The Morgan fingerprint density at radius 3 is 2.44 bits per heavy atom. The number of rotatable bonds is 5. The number of aromatic nitrogens is 1. The molecule has 0 radical (unpaired) electrons. The number of esters is 1. The first-order valence-electron chi connectivity index (χ1n) is 8.34. The molecule has 0 fully saturated rings. The molecule has 0 aliphatic rings. The highest BCUT2D eigenvalue weighted by molar-refractivity contribution is 7.21. The van der Waals surface area contributed by atoms with Gasteiger partial charge < -0.3 is 9.72 Å². The lowest BCUT2D eigenvalue weighted by molar-refractivity contribution is 0.0322. The van der Waals surface area contributed by atoms with Crippen LogP contribution in [0.4, 0.5) is 0 Å². The summed E-state index contributed by atoms with van der Waals surface area (Å²) >= 11 is 7.52. The highest BCUT2D eigenvalue weighted by atomic mass is 35.5. The molecule has 3 rings (SSSR count). The summed E-state index contributed by atoms with van der Waals surface area (Å²) in [5.74, 6) is -1.16. The van der Waals surface area contributed by atoms with Crippen molar-refractivity contribution in [3.8, 4) is 0 Å². The normalized spacial score (nSPS) is 12.2. The molecule has 2 aromatic heterocycles. The van der Waals surface area contributed by atoms with Crippen molar-refractivity contribution < 1.29 is 19.1 Å². The van der Waals surface area contributed by atoms with Crippen LogP contribution in [0.15, 0.2) is 24.3 Å². The molecule has 0 aliphatic carbocycles. The number of hydrogen-bond donors (Lipinski definition) is 1. The minimum absolute atomic E-state index is 0.123. The number of aryl methyl sites for hydroxylation is 1. The molecule has 1 N–H and O–H groups in total. The first-order valence-corrected chi connectivity index (χ1v) is 9.54. The molecule has 5 nitrogen and oxygen atoms in total. The quantitative estimate of drug-likeness (QED) is 0.473. The van der Waals surface area contributed by atoms with Gasteiger partial charge in [0.1, 0.15) is 4.88 Å². The van der Waals surface area contributed by atoms with E-state index >= 15 is 0 Å². The summed E-state index contributed by atoms with van der Waals surface area (Å²) in [5.41, 5.74) is 1.95. The molecule has 0 spiro atoms. The largest absolute Gasteiger partial charge is 0.450 e. The van der Waals surface area contributed by atoms with E-state index in [2.05, 4.69) is 4.98 Å². The van der Waals surface area contributed by atoms with Gasteiger partial charge in [-0.1, -0.05) is 29.8 Å². The van der Waals surface area contributed by atoms with E-state index < -0.39 is 17.9 Å². The number of nitrogens with one attached hydrogen (secondary N) is 1. The van der Waals surface area contributed by atoms with Gasteiger partial charge in [-0.3, -0.25) is 9.59 Å². The number of aromatic amines is 1. The van der Waals surface area contributed by atoms with Crippen molar-refractivity contribution in [2.45, 2.75) is 33.8 Å². The molecule has 2 heterocycles. The number of carbonyl (C=O) groups excluding carboxylic acids is 3. The maximum atomic E-state index is 12.7. The minimum Gasteiger partial charge on any atom is -0.450 e. The van der Waals surface area contributed by atoms with Gasteiger partial charge in [0, 0.05) is 21.3 Å². The van der Waals surface area contributed by atoms with Crippen LogP contribution in [0.2, 0.25) is 5.02 Å². The summed E-state index contributed by atoms with van der Waals surface area (Å²) in [6.45, 7) is 6.38. The average molecular weight is 404 g/mol. The van der Waals surface area contributed by atoms with E-state index in [1.165, 1.54) is 25.2 Å². The van der Waals surface area contributed by atoms with Crippen molar-refractivity contribution in [2.24, 2.45) is 0 Å². The van der Waals surface area contributed by atoms with E-state index in [-0.39, 0.29) is 16.4 Å². The number of hydrogen-bond acceptors (Lipinski definition) is 5. The van der Waals surface area contributed by atoms with E-state index in [0.29, 0.717) is 21.8 Å². The van der Waals surface area contributed by atoms with E-state index in [1.807, 2.05) is 24.3 Å². The average Bonchev–Trinajstić information content (AvgIpc) is 3.11. The molecule has 7 heteroatoms. The van der Waals surface area contributed by atoms with Crippen LogP contribution in [0, 0.1) is 13.8 Å². The third-order valence-corrected chi connectivity index (χ3v) is 6.06. The molecule has 0 saturated carbocycles. The second-order valence-corrected chi connectivity index (χ2v) is 7.76. The number of Topliss-reactive ketones (excluding diaryl/α,β-unsaturated/α-hetero) is 2. The highest BCUT2D eigenvalue weighted by Gasteiger charge is 2.28. The van der Waals surface area contributed by atoms with Crippen LogP contribution in [-0.4, -0.2) is 28.6 Å². The van der Waals surface area contributed by atoms with Crippen molar-refractivity contribution in [2.75, 3.05) is 0 Å². The number of benzene rings is 1. The fourth-order valence-corrected chi connectivity index (χ4v) is 4.53. The third-order valence-electron chi connectivity index (χ3n) is 4.41. The highest BCUT2D eigenvalue weighted by Crippen LogP contribution is 2.35. The Balaban J connectivity index is 1.84. The number of ketones is 2. The molecule has 3 aromatic rings. The molecule has 0 bridgehead atoms. The van der Waals surface area contributed by atoms with Crippen molar-refractivity contribution in [1.82, 2.24) is 4.98 Å². The molecule has 27 heavy (non-hydrogen) atoms. The van der Waals surface area contributed by atoms with E-state index in [9.17, 15) is 14.4 Å². The third kappa shape index (κ3) is 3.42. The molecular weight excluding hydrogens is 386 g/mol. The maximum Gasteiger partial charge on any atom is 0.350 e. The predicted octanol–water partition coefficient (Wildman–Crippen LogP) is 5.13. The minimum atomic E-state index is -1.02. The van der Waals surface area contributed by atoms with Gasteiger partial charge in [-0.05, 0) is 39.3 Å². The van der Waals surface area contributed by atoms with Gasteiger partial charge in [0.2, 0.25) is 5.78 Å². The van der Waals surface area contributed by atoms with Gasteiger partial charge in [-0.25, -0.2) is 4.79 Å². The summed E-state index contributed by atoms with van der Waals surface area (Å²) in [5, 5.41) is 1.10. The fourth-order valence-electron chi connectivity index (χ4n) is 3.14. The summed E-state index contributed by atoms with van der Waals surface area (Å²) < 4.78 is 6.23. The smallest absolute Gasteiger partial charge is 0.350 e. The Kier molecular flexibility index (Phi) is 5.22. The zero-order chi connectivity index (χ0) is 19.9. The Labute approximate surface area is 165 Å².